The van der Waals surface area contributed by atoms with Crippen LogP contribution in [-0.4, -0.2) is 16.0 Å². The molecule has 0 atom stereocenters. The van der Waals surface area contributed by atoms with Crippen LogP contribution in [0, 0.1) is 0 Å². The molecule has 0 aromatic rings. The van der Waals surface area contributed by atoms with Gasteiger partial charge in [0.2, 0.25) is 0 Å². The van der Waals surface area contributed by atoms with Crippen molar-refractivity contribution in [2.75, 3.05) is 0 Å². The van der Waals surface area contributed by atoms with Crippen molar-refractivity contribution in [3.05, 3.63) is 0 Å². The predicted octanol–water partition coefficient (Wildman–Crippen LogP) is 0.983. The molecule has 0 fully saturated rings. The molecule has 0 saturated heterocycles. The van der Waals surface area contributed by atoms with Crippen LogP contribution in [0.5, 0.6) is 0 Å². The monoisotopic (exact) mass is 123 g/mol. The van der Waals surface area contributed by atoms with Crippen LogP contribution in [0.15, 0.2) is 0 Å². The van der Waals surface area contributed by atoms with Crippen molar-refractivity contribution >= 4 is 16.0 Å². The minimum absolute atomic E-state index is 0.708. The van der Waals surface area contributed by atoms with Crippen LogP contribution in [-0.2, 0) is 0 Å². The normalized spacial score (nSPS) is 9.00. The first-order chi connectivity index (χ1) is 1.73. The average Bonchev–Trinajstić information content (AvgIpc) is 0.811. The van der Waals surface area contributed by atoms with Gasteiger partial charge in [-0.3, -0.25) is 0 Å². The van der Waals surface area contributed by atoms with E-state index in [1.54, 1.807) is 0 Å². The van der Waals surface area contributed by atoms with Gasteiger partial charge in [-0.1, -0.05) is 0 Å². The van der Waals surface area contributed by atoms with Crippen molar-refractivity contribution < 1.29 is 0 Å². The third kappa shape index (κ3) is 21.6. The summed E-state index contributed by atoms with van der Waals surface area (Å²) in [5.41, 5.74) is 0. The van der Waals surface area contributed by atoms with Gasteiger partial charge in [-0.05, 0) is 0 Å². The van der Waals surface area contributed by atoms with Gasteiger partial charge < -0.3 is 0 Å². The summed E-state index contributed by atoms with van der Waals surface area (Å²) < 4.78 is 0. The van der Waals surface area contributed by atoms with E-state index in [1.165, 1.54) is 0 Å². The minimum atomic E-state index is 0.708. The molecular formula is C3H7Se. The first kappa shape index (κ1) is 4.52. The molecule has 0 spiro atoms. The summed E-state index contributed by atoms with van der Waals surface area (Å²) in [4.78, 5) is 0.708. The fourth-order valence-electron chi connectivity index (χ4n) is 0. The molecule has 0 N–H and O–H groups in total. The molecule has 4 heavy (non-hydrogen) atoms. The van der Waals surface area contributed by atoms with Crippen molar-refractivity contribution in [3.63, 3.8) is 0 Å². The van der Waals surface area contributed by atoms with Crippen LogP contribution in [0.2, 0.25) is 4.82 Å². The molecule has 0 amide bonds. The van der Waals surface area contributed by atoms with Gasteiger partial charge in [-0.15, -0.1) is 0 Å². The number of hydrogen-bond donors (Lipinski definition) is 0. The summed E-state index contributed by atoms with van der Waals surface area (Å²) in [6.45, 7) is 4.22. The maximum absolute atomic E-state index is 2.90. The fraction of sp³-hybridized carbons (Fsp3) is 1.00. The van der Waals surface area contributed by atoms with E-state index in [9.17, 15) is 0 Å². The Kier molecular flexibility index (Phi) is 2.04. The van der Waals surface area contributed by atoms with Gasteiger partial charge in [0, 0.05) is 0 Å². The molecule has 0 saturated carbocycles. The zero-order chi connectivity index (χ0) is 3.58. The molecule has 0 bridgehead atoms. The van der Waals surface area contributed by atoms with Crippen molar-refractivity contribution in [2.24, 2.45) is 0 Å². The van der Waals surface area contributed by atoms with Crippen LogP contribution < -0.4 is 0 Å². The first-order valence-corrected chi connectivity index (χ1v) is 2.38. The average molecular weight is 122 g/mol. The molecule has 1 radical (unpaired) electrons. The Morgan fingerprint density at radius 1 is 1.50 bits per heavy atom. The zero-order valence-electron chi connectivity index (χ0n) is 2.99. The molecule has 1 heteroatoms. The van der Waals surface area contributed by atoms with Gasteiger partial charge in [-0.2, -0.15) is 0 Å². The van der Waals surface area contributed by atoms with E-state index < -0.39 is 0 Å². The van der Waals surface area contributed by atoms with Crippen LogP contribution in [0.4, 0.5) is 0 Å². The van der Waals surface area contributed by atoms with E-state index in [-0.39, 0.29) is 0 Å². The first-order valence-electron chi connectivity index (χ1n) is 1.39. The molecule has 0 aliphatic carbocycles. The predicted molar refractivity (Wildman–Crippen MR) is 20.9 cm³/mol. The second-order valence-corrected chi connectivity index (χ2v) is 3.03. The van der Waals surface area contributed by atoms with E-state index in [1.807, 2.05) is 0 Å². The SMILES string of the molecule is CC(C)[Se]. The quantitative estimate of drug-likeness (QED) is 0.420. The molecule has 0 aliphatic heterocycles. The summed E-state index contributed by atoms with van der Waals surface area (Å²) in [6.07, 6.45) is 0. The summed E-state index contributed by atoms with van der Waals surface area (Å²) in [6, 6.07) is 0. The molecular weight excluding hydrogens is 115 g/mol. The van der Waals surface area contributed by atoms with Crippen molar-refractivity contribution in [1.82, 2.24) is 0 Å². The van der Waals surface area contributed by atoms with Gasteiger partial charge >= 0.3 is 34.7 Å². The number of rotatable bonds is 0. The van der Waals surface area contributed by atoms with E-state index in [2.05, 4.69) is 29.9 Å². The van der Waals surface area contributed by atoms with Crippen LogP contribution in [0.3, 0.4) is 0 Å². The molecule has 0 heterocycles. The molecule has 0 unspecified atom stereocenters. The van der Waals surface area contributed by atoms with E-state index >= 15 is 0 Å². The molecule has 0 aliphatic rings. The topological polar surface area (TPSA) is 0 Å². The second-order valence-electron chi connectivity index (χ2n) is 1.05. The standard InChI is InChI=1S/C3H7Se/c1-3(2)4/h3H,1-2H3. The van der Waals surface area contributed by atoms with Crippen molar-refractivity contribution in [1.29, 1.82) is 0 Å². The summed E-state index contributed by atoms with van der Waals surface area (Å²) in [7, 11) is 0. The van der Waals surface area contributed by atoms with E-state index in [0.29, 0.717) is 4.82 Å². The van der Waals surface area contributed by atoms with Crippen molar-refractivity contribution in [3.8, 4) is 0 Å². The van der Waals surface area contributed by atoms with Gasteiger partial charge in [0.05, 0.1) is 0 Å². The van der Waals surface area contributed by atoms with Gasteiger partial charge in [0.15, 0.2) is 0 Å². The Morgan fingerprint density at radius 2 is 1.50 bits per heavy atom. The Bertz CT molecular complexity index is 8.00. The molecule has 0 aromatic carbocycles. The Labute approximate surface area is 35.4 Å². The summed E-state index contributed by atoms with van der Waals surface area (Å²) >= 11 is 2.90. The van der Waals surface area contributed by atoms with Crippen LogP contribution in [0.25, 0.3) is 0 Å². The molecule has 0 nitrogen and oxygen atoms in total. The van der Waals surface area contributed by atoms with E-state index in [0.717, 1.165) is 0 Å². The third-order valence-corrected chi connectivity index (χ3v) is 0. The van der Waals surface area contributed by atoms with E-state index in [4.69, 9.17) is 0 Å². The van der Waals surface area contributed by atoms with Gasteiger partial charge in [0.25, 0.3) is 0 Å². The van der Waals surface area contributed by atoms with Gasteiger partial charge in [-0.25, -0.2) is 0 Å². The summed E-state index contributed by atoms with van der Waals surface area (Å²) in [5.74, 6) is 0. The van der Waals surface area contributed by atoms with Crippen molar-refractivity contribution in [2.45, 2.75) is 18.7 Å². The Balaban J connectivity index is 2.32. The maximum atomic E-state index is 2.90. The van der Waals surface area contributed by atoms with Gasteiger partial charge in [0.1, 0.15) is 0 Å². The Morgan fingerprint density at radius 3 is 1.50 bits per heavy atom. The summed E-state index contributed by atoms with van der Waals surface area (Å²) in [5, 5.41) is 0. The molecule has 0 aromatic heterocycles. The third-order valence-electron chi connectivity index (χ3n) is 0. The number of hydrogen-bond acceptors (Lipinski definition) is 0. The molecule has 0 rings (SSSR count). The van der Waals surface area contributed by atoms with Crippen LogP contribution in [0.1, 0.15) is 13.8 Å². The molecule has 25 valence electrons. The fourth-order valence-corrected chi connectivity index (χ4v) is 0. The second kappa shape index (κ2) is 1.80. The Hall–Kier alpha value is 0.519. The zero-order valence-corrected chi connectivity index (χ0v) is 4.70. The van der Waals surface area contributed by atoms with Crippen LogP contribution >= 0.6 is 0 Å².